The summed E-state index contributed by atoms with van der Waals surface area (Å²) < 4.78 is 9.98. The largest absolute Gasteiger partial charge is 0.468 e. The molecule has 0 spiro atoms. The van der Waals surface area contributed by atoms with E-state index in [0.717, 1.165) is 5.75 Å². The number of hydrogen-bond acceptors (Lipinski definition) is 2. The van der Waals surface area contributed by atoms with Crippen molar-refractivity contribution in [1.82, 2.24) is 0 Å². The van der Waals surface area contributed by atoms with Gasteiger partial charge in [0.15, 0.2) is 6.79 Å². The van der Waals surface area contributed by atoms with Crippen molar-refractivity contribution < 1.29 is 20.4 Å². The summed E-state index contributed by atoms with van der Waals surface area (Å²) in [6.45, 7) is 0.309. The van der Waals surface area contributed by atoms with Crippen LogP contribution >= 0.6 is 0 Å². The molecular weight excluding hydrogens is 171 g/mol. The predicted molar refractivity (Wildman–Crippen MR) is 54.4 cm³/mol. The van der Waals surface area contributed by atoms with Crippen LogP contribution in [0.25, 0.3) is 0 Å². The lowest BCUT2D eigenvalue weighted by atomic mass is 9.96. The molecule has 74 valence electrons. The third-order valence-electron chi connectivity index (χ3n) is 1.33. The molecule has 0 atom stereocenters. The Hall–Kier alpha value is -1.04. The number of rotatable bonds is 3. The lowest BCUT2D eigenvalue weighted by Gasteiger charge is -2.04. The second-order valence-corrected chi connectivity index (χ2v) is 2.37. The van der Waals surface area contributed by atoms with Crippen LogP contribution in [0.3, 0.4) is 0 Å². The van der Waals surface area contributed by atoms with E-state index < -0.39 is 0 Å². The highest BCUT2D eigenvalue weighted by Crippen LogP contribution is 2.05. The standard InChI is InChI=1S/C8H11BO2.2H2O/c1-10-6-11-8-4-2-3-7(9)5-8;;/h2-5H,6,9H2,1H3;2*1H2. The first-order valence-electron chi connectivity index (χ1n) is 3.51. The van der Waals surface area contributed by atoms with Gasteiger partial charge in [0.25, 0.3) is 0 Å². The molecule has 0 aliphatic heterocycles. The van der Waals surface area contributed by atoms with Gasteiger partial charge in [0.1, 0.15) is 13.6 Å². The first-order valence-corrected chi connectivity index (χ1v) is 3.51. The topological polar surface area (TPSA) is 81.5 Å². The van der Waals surface area contributed by atoms with E-state index in [1.165, 1.54) is 5.46 Å². The van der Waals surface area contributed by atoms with Crippen LogP contribution in [0.5, 0.6) is 5.75 Å². The molecule has 13 heavy (non-hydrogen) atoms. The Kier molecular flexibility index (Phi) is 8.48. The molecular formula is C8H15BO4. The maximum absolute atomic E-state index is 5.21. The zero-order chi connectivity index (χ0) is 8.10. The average Bonchev–Trinajstić information content (AvgIpc) is 2.01. The van der Waals surface area contributed by atoms with Gasteiger partial charge in [-0.2, -0.15) is 0 Å². The van der Waals surface area contributed by atoms with Gasteiger partial charge in [-0.25, -0.2) is 0 Å². The molecule has 0 saturated carbocycles. The van der Waals surface area contributed by atoms with Gasteiger partial charge in [0.05, 0.1) is 0 Å². The lowest BCUT2D eigenvalue weighted by molar-refractivity contribution is 0.0512. The highest BCUT2D eigenvalue weighted by atomic mass is 16.7. The molecule has 1 aromatic carbocycles. The molecule has 0 aliphatic carbocycles. The number of ether oxygens (including phenoxy) is 2. The number of benzene rings is 1. The van der Waals surface area contributed by atoms with Crippen molar-refractivity contribution in [1.29, 1.82) is 0 Å². The van der Waals surface area contributed by atoms with Gasteiger partial charge in [-0.3, -0.25) is 0 Å². The third kappa shape index (κ3) is 5.24. The number of hydrogen-bond donors (Lipinski definition) is 0. The molecule has 1 aromatic rings. The van der Waals surface area contributed by atoms with Crippen molar-refractivity contribution in [2.24, 2.45) is 0 Å². The molecule has 0 aliphatic rings. The third-order valence-corrected chi connectivity index (χ3v) is 1.33. The monoisotopic (exact) mass is 186 g/mol. The van der Waals surface area contributed by atoms with E-state index in [2.05, 4.69) is 0 Å². The molecule has 4 nitrogen and oxygen atoms in total. The fourth-order valence-corrected chi connectivity index (χ4v) is 0.832. The molecule has 0 radical (unpaired) electrons. The summed E-state index contributed by atoms with van der Waals surface area (Å²) in [5.41, 5.74) is 1.19. The fourth-order valence-electron chi connectivity index (χ4n) is 0.832. The quantitative estimate of drug-likeness (QED) is 0.415. The minimum Gasteiger partial charge on any atom is -0.468 e. The zero-order valence-electron chi connectivity index (χ0n) is 7.83. The van der Waals surface area contributed by atoms with E-state index in [1.807, 2.05) is 32.1 Å². The molecule has 4 N–H and O–H groups in total. The Morgan fingerprint density at radius 2 is 2.00 bits per heavy atom. The van der Waals surface area contributed by atoms with Crippen molar-refractivity contribution in [2.75, 3.05) is 13.9 Å². The van der Waals surface area contributed by atoms with Crippen molar-refractivity contribution in [3.05, 3.63) is 24.3 Å². The Balaban J connectivity index is 0. The van der Waals surface area contributed by atoms with Gasteiger partial charge in [0, 0.05) is 7.11 Å². The fraction of sp³-hybridized carbons (Fsp3) is 0.250. The Morgan fingerprint density at radius 1 is 1.31 bits per heavy atom. The second-order valence-electron chi connectivity index (χ2n) is 2.37. The van der Waals surface area contributed by atoms with E-state index in [9.17, 15) is 0 Å². The van der Waals surface area contributed by atoms with Gasteiger partial charge in [0.2, 0.25) is 0 Å². The lowest BCUT2D eigenvalue weighted by Crippen LogP contribution is -2.04. The summed E-state index contributed by atoms with van der Waals surface area (Å²) in [5.74, 6) is 0.854. The Morgan fingerprint density at radius 3 is 2.54 bits per heavy atom. The Bertz CT molecular complexity index is 229. The normalized spacial score (nSPS) is 8.08. The van der Waals surface area contributed by atoms with Crippen LogP contribution in [0.1, 0.15) is 0 Å². The highest BCUT2D eigenvalue weighted by molar-refractivity contribution is 6.32. The minimum atomic E-state index is 0. The molecule has 1 rings (SSSR count). The SMILES string of the molecule is Bc1cccc(OCOC)c1.O.O. The molecule has 0 fully saturated rings. The van der Waals surface area contributed by atoms with Crippen LogP contribution in [-0.4, -0.2) is 32.7 Å². The van der Waals surface area contributed by atoms with E-state index >= 15 is 0 Å². The first kappa shape index (κ1) is 14.5. The van der Waals surface area contributed by atoms with Crippen LogP contribution in [0.2, 0.25) is 0 Å². The van der Waals surface area contributed by atoms with E-state index in [-0.39, 0.29) is 11.0 Å². The molecule has 0 aromatic heterocycles. The summed E-state index contributed by atoms with van der Waals surface area (Å²) in [6.07, 6.45) is 0. The van der Waals surface area contributed by atoms with Gasteiger partial charge in [-0.15, -0.1) is 0 Å². The Labute approximate surface area is 78.5 Å². The molecule has 0 bridgehead atoms. The van der Waals surface area contributed by atoms with E-state index in [0.29, 0.717) is 6.79 Å². The maximum atomic E-state index is 5.21. The molecule has 0 amide bonds. The van der Waals surface area contributed by atoms with Crippen LogP contribution in [0.4, 0.5) is 0 Å². The second kappa shape index (κ2) is 7.61. The summed E-state index contributed by atoms with van der Waals surface area (Å²) in [5, 5.41) is 0. The van der Waals surface area contributed by atoms with Crippen molar-refractivity contribution in [2.45, 2.75) is 0 Å². The van der Waals surface area contributed by atoms with Crippen LogP contribution in [-0.2, 0) is 4.74 Å². The predicted octanol–water partition coefficient (Wildman–Crippen LogP) is -1.72. The van der Waals surface area contributed by atoms with E-state index in [1.54, 1.807) is 7.11 Å². The molecule has 0 saturated heterocycles. The van der Waals surface area contributed by atoms with E-state index in [4.69, 9.17) is 9.47 Å². The van der Waals surface area contributed by atoms with Gasteiger partial charge in [-0.05, 0) is 12.1 Å². The van der Waals surface area contributed by atoms with Gasteiger partial charge in [-0.1, -0.05) is 17.6 Å². The smallest absolute Gasteiger partial charge is 0.188 e. The van der Waals surface area contributed by atoms with Crippen LogP contribution in [0.15, 0.2) is 24.3 Å². The first-order chi connectivity index (χ1) is 5.33. The van der Waals surface area contributed by atoms with Gasteiger partial charge < -0.3 is 20.4 Å². The van der Waals surface area contributed by atoms with Crippen LogP contribution in [0, 0.1) is 0 Å². The van der Waals surface area contributed by atoms with Crippen molar-refractivity contribution in [3.8, 4) is 5.75 Å². The summed E-state index contributed by atoms with van der Waals surface area (Å²) >= 11 is 0. The maximum Gasteiger partial charge on any atom is 0.188 e. The zero-order valence-corrected chi connectivity index (χ0v) is 7.83. The van der Waals surface area contributed by atoms with Crippen LogP contribution < -0.4 is 10.2 Å². The minimum absolute atomic E-state index is 0. The molecule has 0 heterocycles. The molecule has 0 unspecified atom stereocenters. The number of methoxy groups -OCH3 is 1. The average molecular weight is 186 g/mol. The summed E-state index contributed by atoms with van der Waals surface area (Å²) in [4.78, 5) is 0. The van der Waals surface area contributed by atoms with Gasteiger partial charge >= 0.3 is 0 Å². The van der Waals surface area contributed by atoms with Crippen molar-refractivity contribution >= 4 is 13.3 Å². The highest BCUT2D eigenvalue weighted by Gasteiger charge is 1.90. The molecule has 5 heteroatoms. The summed E-state index contributed by atoms with van der Waals surface area (Å²) in [6, 6.07) is 7.87. The van der Waals surface area contributed by atoms with Crippen molar-refractivity contribution in [3.63, 3.8) is 0 Å². The summed E-state index contributed by atoms with van der Waals surface area (Å²) in [7, 11) is 3.63.